The van der Waals surface area contributed by atoms with Gasteiger partial charge in [0.05, 0.1) is 18.9 Å². The number of carboxylic acid groups (broad SMARTS) is 1. The Hall–Kier alpha value is -2.43. The number of hydrazine groups is 1. The predicted molar refractivity (Wildman–Crippen MR) is 154 cm³/mol. The van der Waals surface area contributed by atoms with Crippen LogP contribution in [0.1, 0.15) is 98.5 Å². The summed E-state index contributed by atoms with van der Waals surface area (Å²) in [6, 6.07) is 1.85. The number of amides is 2. The van der Waals surface area contributed by atoms with Crippen LogP contribution in [-0.2, 0) is 14.3 Å². The number of allylic oxidation sites excluding steroid dienone is 2. The maximum absolute atomic E-state index is 14.2. The van der Waals surface area contributed by atoms with E-state index in [1.165, 1.54) is 16.9 Å². The minimum absolute atomic E-state index is 0.0609. The van der Waals surface area contributed by atoms with Gasteiger partial charge in [0, 0.05) is 29.9 Å². The first-order valence-corrected chi connectivity index (χ1v) is 15.9. The van der Waals surface area contributed by atoms with Crippen molar-refractivity contribution in [1.82, 2.24) is 10.4 Å². The van der Waals surface area contributed by atoms with Crippen LogP contribution in [0.4, 0.5) is 10.5 Å². The highest BCUT2D eigenvalue weighted by atomic mass is 32.1. The van der Waals surface area contributed by atoms with Gasteiger partial charge in [-0.05, 0) is 94.6 Å². The summed E-state index contributed by atoms with van der Waals surface area (Å²) in [6.07, 6.45) is 12.1. The third-order valence-electron chi connectivity index (χ3n) is 8.92. The Kier molecular flexibility index (Phi) is 9.80. The molecule has 220 valence electrons. The molecular formula is C30H43N3O6S. The van der Waals surface area contributed by atoms with Gasteiger partial charge in [-0.2, -0.15) is 0 Å². The van der Waals surface area contributed by atoms with Crippen LogP contribution in [0.2, 0.25) is 0 Å². The summed E-state index contributed by atoms with van der Waals surface area (Å²) in [5.41, 5.74) is 4.56. The van der Waals surface area contributed by atoms with Crippen LogP contribution in [-0.4, -0.2) is 66.5 Å². The number of hydrogen-bond donors (Lipinski definition) is 2. The van der Waals surface area contributed by atoms with Crippen molar-refractivity contribution in [2.45, 2.75) is 96.1 Å². The molecule has 10 heteroatoms. The number of ether oxygens (including phenoxy) is 2. The van der Waals surface area contributed by atoms with E-state index in [4.69, 9.17) is 9.47 Å². The van der Waals surface area contributed by atoms with Gasteiger partial charge < -0.3 is 19.5 Å². The zero-order valence-corrected chi connectivity index (χ0v) is 24.4. The number of morpholine rings is 1. The second-order valence-electron chi connectivity index (χ2n) is 11.8. The zero-order valence-electron chi connectivity index (χ0n) is 23.6. The number of aromatic carboxylic acids is 1. The molecule has 4 aliphatic rings. The van der Waals surface area contributed by atoms with Gasteiger partial charge >= 0.3 is 12.1 Å². The molecule has 3 aliphatic carbocycles. The lowest BCUT2D eigenvalue weighted by atomic mass is 9.81. The number of rotatable bonds is 7. The first-order valence-electron chi connectivity index (χ1n) is 15.1. The molecule has 0 atom stereocenters. The standard InChI is InChI=1S/C30H43N3O6S/c1-20-7-9-22(10-8-20)28(34)33(25-19-26(40-27(25)29(35)36)21-5-3-2-4-6-21)23-11-13-24(14-12-23)39-30(37)31-32-15-17-38-18-16-32/h5,19-20,22-24H,2-4,6-18H2,1H3,(H,31,37)(H,35,36). The van der Waals surface area contributed by atoms with Crippen LogP contribution in [0.25, 0.3) is 5.57 Å². The van der Waals surface area contributed by atoms with Gasteiger partial charge in [0.2, 0.25) is 5.91 Å². The highest BCUT2D eigenvalue weighted by Crippen LogP contribution is 2.42. The van der Waals surface area contributed by atoms with Crippen molar-refractivity contribution in [1.29, 1.82) is 0 Å². The molecule has 1 aliphatic heterocycles. The maximum atomic E-state index is 14.2. The number of hydrogen-bond acceptors (Lipinski definition) is 7. The van der Waals surface area contributed by atoms with E-state index in [2.05, 4.69) is 18.4 Å². The molecule has 0 spiro atoms. The van der Waals surface area contributed by atoms with E-state index in [9.17, 15) is 19.5 Å². The normalized spacial score (nSPS) is 27.9. The van der Waals surface area contributed by atoms with Crippen LogP contribution in [0.5, 0.6) is 0 Å². The predicted octanol–water partition coefficient (Wildman–Crippen LogP) is 5.85. The number of nitrogens with one attached hydrogen (secondary N) is 1. The Morgan fingerprint density at radius 3 is 2.42 bits per heavy atom. The quantitative estimate of drug-likeness (QED) is 0.421. The van der Waals surface area contributed by atoms with Gasteiger partial charge in [-0.1, -0.05) is 13.0 Å². The van der Waals surface area contributed by atoms with Crippen molar-refractivity contribution < 1.29 is 29.0 Å². The highest BCUT2D eigenvalue weighted by molar-refractivity contribution is 7.15. The Balaban J connectivity index is 1.32. The summed E-state index contributed by atoms with van der Waals surface area (Å²) in [5, 5.41) is 12.0. The van der Waals surface area contributed by atoms with Crippen LogP contribution in [0.3, 0.4) is 0 Å². The number of carbonyl (C=O) groups is 3. The number of nitrogens with zero attached hydrogens (tertiary/aromatic N) is 2. The van der Waals surface area contributed by atoms with Crippen molar-refractivity contribution in [3.63, 3.8) is 0 Å². The van der Waals surface area contributed by atoms with E-state index in [1.807, 2.05) is 16.0 Å². The number of thiophene rings is 1. The average Bonchev–Trinajstić information content (AvgIpc) is 3.41. The molecule has 5 rings (SSSR count). The molecule has 0 unspecified atom stereocenters. The third kappa shape index (κ3) is 7.06. The minimum Gasteiger partial charge on any atom is -0.477 e. The summed E-state index contributed by atoms with van der Waals surface area (Å²) in [7, 11) is 0. The van der Waals surface area contributed by atoms with Crippen molar-refractivity contribution in [2.24, 2.45) is 11.8 Å². The first kappa shape index (κ1) is 29.1. The number of anilines is 1. The molecule has 0 radical (unpaired) electrons. The topological polar surface area (TPSA) is 108 Å². The van der Waals surface area contributed by atoms with Gasteiger partial charge in [-0.15, -0.1) is 11.3 Å². The number of carbonyl (C=O) groups excluding carboxylic acids is 2. The summed E-state index contributed by atoms with van der Waals surface area (Å²) >= 11 is 1.30. The van der Waals surface area contributed by atoms with Crippen molar-refractivity contribution in [3.05, 3.63) is 21.9 Å². The van der Waals surface area contributed by atoms with E-state index in [1.54, 1.807) is 0 Å². The molecule has 40 heavy (non-hydrogen) atoms. The smallest absolute Gasteiger partial charge is 0.422 e. The molecule has 2 saturated carbocycles. The lowest BCUT2D eigenvalue weighted by molar-refractivity contribution is -0.124. The molecule has 1 aromatic heterocycles. The molecule has 0 bridgehead atoms. The summed E-state index contributed by atoms with van der Waals surface area (Å²) in [4.78, 5) is 42.2. The minimum atomic E-state index is -0.977. The number of carboxylic acids is 1. The van der Waals surface area contributed by atoms with Crippen molar-refractivity contribution in [2.75, 3.05) is 31.2 Å². The molecule has 0 aromatic carbocycles. The fraction of sp³-hybridized carbons (Fsp3) is 0.700. The maximum Gasteiger partial charge on any atom is 0.422 e. The second-order valence-corrected chi connectivity index (χ2v) is 12.9. The fourth-order valence-electron chi connectivity index (χ4n) is 6.54. The van der Waals surface area contributed by atoms with Crippen LogP contribution in [0.15, 0.2) is 12.1 Å². The fourth-order valence-corrected chi connectivity index (χ4v) is 7.59. The highest BCUT2D eigenvalue weighted by Gasteiger charge is 2.38. The average molecular weight is 574 g/mol. The molecule has 2 amide bonds. The third-order valence-corrected chi connectivity index (χ3v) is 10.1. The van der Waals surface area contributed by atoms with Crippen LogP contribution < -0.4 is 10.3 Å². The summed E-state index contributed by atoms with van der Waals surface area (Å²) < 4.78 is 11.1. The monoisotopic (exact) mass is 573 g/mol. The molecule has 1 aromatic rings. The molecule has 3 fully saturated rings. The van der Waals surface area contributed by atoms with E-state index >= 15 is 0 Å². The summed E-state index contributed by atoms with van der Waals surface area (Å²) in [5.74, 6) is -0.377. The van der Waals surface area contributed by atoms with E-state index in [-0.39, 0.29) is 28.8 Å². The molecule has 9 nitrogen and oxygen atoms in total. The summed E-state index contributed by atoms with van der Waals surface area (Å²) in [6.45, 7) is 4.65. The molecule has 2 heterocycles. The van der Waals surface area contributed by atoms with Crippen LogP contribution >= 0.6 is 11.3 Å². The second kappa shape index (κ2) is 13.5. The zero-order chi connectivity index (χ0) is 28.1. The van der Waals surface area contributed by atoms with Gasteiger partial charge in [-0.25, -0.2) is 14.6 Å². The Morgan fingerprint density at radius 1 is 1.05 bits per heavy atom. The van der Waals surface area contributed by atoms with Gasteiger partial charge in [0.15, 0.2) is 0 Å². The van der Waals surface area contributed by atoms with Crippen molar-refractivity contribution >= 4 is 40.6 Å². The Labute approximate surface area is 240 Å². The van der Waals surface area contributed by atoms with Gasteiger partial charge in [0.1, 0.15) is 11.0 Å². The first-order chi connectivity index (χ1) is 19.4. The van der Waals surface area contributed by atoms with E-state index in [0.29, 0.717) is 63.6 Å². The molecule has 1 saturated heterocycles. The van der Waals surface area contributed by atoms with Crippen LogP contribution in [0, 0.1) is 11.8 Å². The van der Waals surface area contributed by atoms with Gasteiger partial charge in [-0.3, -0.25) is 10.2 Å². The Morgan fingerprint density at radius 2 is 1.77 bits per heavy atom. The molecular weight excluding hydrogens is 530 g/mol. The van der Waals surface area contributed by atoms with Gasteiger partial charge in [0.25, 0.3) is 0 Å². The van der Waals surface area contributed by atoms with E-state index < -0.39 is 12.1 Å². The lowest BCUT2D eigenvalue weighted by Gasteiger charge is -2.39. The van der Waals surface area contributed by atoms with Crippen molar-refractivity contribution in [3.8, 4) is 0 Å². The Bertz CT molecular complexity index is 1080. The molecule has 2 N–H and O–H groups in total. The SMILES string of the molecule is CC1CCC(C(=O)N(c2cc(C3=CCCCC3)sc2C(=O)O)C2CCC(OC(=O)NN3CCOCC3)CC2)CC1. The van der Waals surface area contributed by atoms with E-state index in [0.717, 1.165) is 56.2 Å². The largest absolute Gasteiger partial charge is 0.477 e. The lowest BCUT2D eigenvalue weighted by Crippen LogP contribution is -2.50.